The molecule has 0 atom stereocenters. The van der Waals surface area contributed by atoms with Crippen LogP contribution in [-0.4, -0.2) is 28.0 Å². The zero-order valence-electron chi connectivity index (χ0n) is 14.7. The number of aromatic amines is 2. The normalized spacial score (nSPS) is 16.5. The highest BCUT2D eigenvalue weighted by Crippen LogP contribution is 2.28. The molecule has 1 saturated heterocycles. The molecular weight excluding hydrogens is 298 g/mol. The molecule has 0 spiro atoms. The fraction of sp³-hybridized carbons (Fsp3) is 0.550. The van der Waals surface area contributed by atoms with E-state index >= 15 is 0 Å². The molecule has 1 aromatic carbocycles. The van der Waals surface area contributed by atoms with Crippen molar-refractivity contribution in [2.24, 2.45) is 0 Å². The third kappa shape index (κ3) is 4.38. The van der Waals surface area contributed by atoms with Gasteiger partial charge in [0.15, 0.2) is 0 Å². The molecule has 4 heteroatoms. The number of aromatic nitrogens is 2. The Morgan fingerprint density at radius 1 is 1.04 bits per heavy atom. The standard InChI is InChI=1S/C20H29N3O/c1-2-3-5-10-18-19(22-20(24)21-18)15-23-13-11-17(12-14-23)16-8-6-4-7-9-16/h4,6-9,17H,2-3,5,10-15H2,1H3,(H2,21,22,24). The van der Waals surface area contributed by atoms with Crippen molar-refractivity contribution in [1.29, 1.82) is 0 Å². The van der Waals surface area contributed by atoms with E-state index in [0.717, 1.165) is 43.9 Å². The quantitative estimate of drug-likeness (QED) is 0.760. The zero-order chi connectivity index (χ0) is 16.8. The van der Waals surface area contributed by atoms with Crippen molar-refractivity contribution in [3.63, 3.8) is 0 Å². The number of piperidine rings is 1. The lowest BCUT2D eigenvalue weighted by atomic mass is 9.89. The molecule has 0 radical (unpaired) electrons. The fourth-order valence-electron chi connectivity index (χ4n) is 3.73. The van der Waals surface area contributed by atoms with Gasteiger partial charge in [0, 0.05) is 12.2 Å². The maximum Gasteiger partial charge on any atom is 0.323 e. The molecule has 0 unspecified atom stereocenters. The Labute approximate surface area is 144 Å². The average molecular weight is 327 g/mol. The Morgan fingerprint density at radius 3 is 2.46 bits per heavy atom. The van der Waals surface area contributed by atoms with Crippen LogP contribution in [0.15, 0.2) is 35.1 Å². The van der Waals surface area contributed by atoms with Gasteiger partial charge in [-0.25, -0.2) is 4.79 Å². The van der Waals surface area contributed by atoms with E-state index in [1.807, 2.05) is 0 Å². The van der Waals surface area contributed by atoms with Gasteiger partial charge < -0.3 is 9.97 Å². The number of nitrogens with zero attached hydrogens (tertiary/aromatic N) is 1. The molecule has 0 saturated carbocycles. The summed E-state index contributed by atoms with van der Waals surface area (Å²) in [5, 5.41) is 0. The van der Waals surface area contributed by atoms with E-state index in [-0.39, 0.29) is 5.69 Å². The van der Waals surface area contributed by atoms with Gasteiger partial charge in [-0.1, -0.05) is 50.1 Å². The van der Waals surface area contributed by atoms with Gasteiger partial charge in [0.25, 0.3) is 0 Å². The fourth-order valence-corrected chi connectivity index (χ4v) is 3.73. The Kier molecular flexibility index (Phi) is 5.91. The van der Waals surface area contributed by atoms with Crippen LogP contribution in [0.4, 0.5) is 0 Å². The number of unbranched alkanes of at least 4 members (excludes halogenated alkanes) is 2. The van der Waals surface area contributed by atoms with Gasteiger partial charge in [-0.3, -0.25) is 4.90 Å². The van der Waals surface area contributed by atoms with Gasteiger partial charge in [-0.15, -0.1) is 0 Å². The van der Waals surface area contributed by atoms with Gasteiger partial charge in [-0.05, 0) is 50.3 Å². The molecule has 2 heterocycles. The molecule has 1 aliphatic heterocycles. The first kappa shape index (κ1) is 17.0. The molecule has 130 valence electrons. The van der Waals surface area contributed by atoms with Gasteiger partial charge in [0.1, 0.15) is 0 Å². The summed E-state index contributed by atoms with van der Waals surface area (Å²) in [5.41, 5.74) is 3.61. The minimum atomic E-state index is -0.0596. The van der Waals surface area contributed by atoms with E-state index in [4.69, 9.17) is 0 Å². The lowest BCUT2D eigenvalue weighted by Gasteiger charge is -2.32. The predicted octanol–water partition coefficient (Wildman–Crippen LogP) is 3.82. The smallest absolute Gasteiger partial charge is 0.310 e. The van der Waals surface area contributed by atoms with E-state index in [1.165, 1.54) is 31.2 Å². The number of imidazole rings is 1. The van der Waals surface area contributed by atoms with Gasteiger partial charge >= 0.3 is 5.69 Å². The first-order valence-electron chi connectivity index (χ1n) is 9.33. The Hall–Kier alpha value is -1.81. The van der Waals surface area contributed by atoms with Gasteiger partial charge in [0.2, 0.25) is 0 Å². The summed E-state index contributed by atoms with van der Waals surface area (Å²) in [6.45, 7) is 5.27. The Morgan fingerprint density at radius 2 is 1.75 bits per heavy atom. The van der Waals surface area contributed by atoms with Crippen LogP contribution in [0.5, 0.6) is 0 Å². The van der Waals surface area contributed by atoms with E-state index in [2.05, 4.69) is 52.1 Å². The summed E-state index contributed by atoms with van der Waals surface area (Å²) < 4.78 is 0. The van der Waals surface area contributed by atoms with Crippen molar-refractivity contribution < 1.29 is 0 Å². The minimum Gasteiger partial charge on any atom is -0.310 e. The van der Waals surface area contributed by atoms with Crippen LogP contribution in [0, 0.1) is 0 Å². The van der Waals surface area contributed by atoms with Crippen molar-refractivity contribution >= 4 is 0 Å². The number of hydrogen-bond acceptors (Lipinski definition) is 2. The number of H-pyrrole nitrogens is 2. The molecule has 1 aliphatic rings. The van der Waals surface area contributed by atoms with Crippen molar-refractivity contribution in [2.45, 2.75) is 57.9 Å². The van der Waals surface area contributed by atoms with Gasteiger partial charge in [-0.2, -0.15) is 0 Å². The van der Waals surface area contributed by atoms with Crippen LogP contribution in [0.25, 0.3) is 0 Å². The van der Waals surface area contributed by atoms with Crippen molar-refractivity contribution in [1.82, 2.24) is 14.9 Å². The van der Waals surface area contributed by atoms with E-state index in [1.54, 1.807) is 0 Å². The molecule has 2 N–H and O–H groups in total. The maximum absolute atomic E-state index is 11.7. The summed E-state index contributed by atoms with van der Waals surface area (Å²) in [5.74, 6) is 0.678. The second-order valence-corrected chi connectivity index (χ2v) is 6.95. The number of hydrogen-bond donors (Lipinski definition) is 2. The van der Waals surface area contributed by atoms with E-state index < -0.39 is 0 Å². The van der Waals surface area contributed by atoms with Crippen LogP contribution >= 0.6 is 0 Å². The highest BCUT2D eigenvalue weighted by molar-refractivity contribution is 5.20. The van der Waals surface area contributed by atoms with E-state index in [9.17, 15) is 4.79 Å². The molecule has 0 amide bonds. The molecule has 3 rings (SSSR count). The number of rotatable bonds is 7. The first-order chi connectivity index (χ1) is 11.8. The third-order valence-corrected chi connectivity index (χ3v) is 5.16. The first-order valence-corrected chi connectivity index (χ1v) is 9.33. The highest BCUT2D eigenvalue weighted by Gasteiger charge is 2.21. The number of likely N-dealkylation sites (tertiary alicyclic amines) is 1. The molecule has 4 nitrogen and oxygen atoms in total. The average Bonchev–Trinajstić information content (AvgIpc) is 2.96. The van der Waals surface area contributed by atoms with Crippen LogP contribution in [0.2, 0.25) is 0 Å². The summed E-state index contributed by atoms with van der Waals surface area (Å²) in [6, 6.07) is 10.8. The maximum atomic E-state index is 11.7. The lowest BCUT2D eigenvalue weighted by molar-refractivity contribution is 0.202. The predicted molar refractivity (Wildman–Crippen MR) is 98.3 cm³/mol. The lowest BCUT2D eigenvalue weighted by Crippen LogP contribution is -2.33. The molecule has 0 aliphatic carbocycles. The zero-order valence-corrected chi connectivity index (χ0v) is 14.7. The van der Waals surface area contributed by atoms with Crippen LogP contribution in [0.3, 0.4) is 0 Å². The number of aryl methyl sites for hydroxylation is 1. The molecule has 0 bridgehead atoms. The van der Waals surface area contributed by atoms with Crippen LogP contribution in [-0.2, 0) is 13.0 Å². The SMILES string of the molecule is CCCCCc1[nH]c(=O)[nH]c1CN1CCC(c2ccccc2)CC1. The summed E-state index contributed by atoms with van der Waals surface area (Å²) in [7, 11) is 0. The second-order valence-electron chi connectivity index (χ2n) is 6.95. The summed E-state index contributed by atoms with van der Waals surface area (Å²) >= 11 is 0. The topological polar surface area (TPSA) is 51.9 Å². The van der Waals surface area contributed by atoms with Crippen LogP contribution in [0.1, 0.15) is 61.9 Å². The largest absolute Gasteiger partial charge is 0.323 e. The Bertz CT molecular complexity index is 666. The van der Waals surface area contributed by atoms with Crippen LogP contribution < -0.4 is 5.69 Å². The van der Waals surface area contributed by atoms with Crippen molar-refractivity contribution in [3.05, 3.63) is 57.8 Å². The second kappa shape index (κ2) is 8.34. The summed E-state index contributed by atoms with van der Waals surface area (Å²) in [6.07, 6.45) is 6.94. The molecule has 1 fully saturated rings. The summed E-state index contributed by atoms with van der Waals surface area (Å²) in [4.78, 5) is 20.2. The highest BCUT2D eigenvalue weighted by atomic mass is 16.1. The number of benzene rings is 1. The molecular formula is C20H29N3O. The molecule has 24 heavy (non-hydrogen) atoms. The monoisotopic (exact) mass is 327 g/mol. The van der Waals surface area contributed by atoms with Gasteiger partial charge in [0.05, 0.1) is 5.69 Å². The Balaban J connectivity index is 1.55. The minimum absolute atomic E-state index is 0.0596. The van der Waals surface area contributed by atoms with Crippen molar-refractivity contribution in [3.8, 4) is 0 Å². The molecule has 2 aromatic rings. The van der Waals surface area contributed by atoms with Crippen molar-refractivity contribution in [2.75, 3.05) is 13.1 Å². The third-order valence-electron chi connectivity index (χ3n) is 5.16. The molecule has 1 aromatic heterocycles. The van der Waals surface area contributed by atoms with E-state index in [0.29, 0.717) is 5.92 Å². The number of nitrogens with one attached hydrogen (secondary N) is 2.